The van der Waals surface area contributed by atoms with Gasteiger partial charge in [0.25, 0.3) is 0 Å². The molecule has 1 N–H and O–H groups in total. The lowest BCUT2D eigenvalue weighted by Gasteiger charge is -2.25. The number of rotatable bonds is 1. The Kier molecular flexibility index (Phi) is 2.63. The van der Waals surface area contributed by atoms with E-state index in [4.69, 9.17) is 12.2 Å². The maximum absolute atomic E-state index is 5.36. The van der Waals surface area contributed by atoms with E-state index in [1.807, 2.05) is 0 Å². The van der Waals surface area contributed by atoms with Crippen LogP contribution >= 0.6 is 12.2 Å². The number of aryl methyl sites for hydroxylation is 2. The van der Waals surface area contributed by atoms with Crippen LogP contribution in [0.1, 0.15) is 29.3 Å². The molecule has 1 aromatic heterocycles. The van der Waals surface area contributed by atoms with Crippen LogP contribution in [-0.2, 0) is 12.8 Å². The van der Waals surface area contributed by atoms with Gasteiger partial charge in [0.2, 0.25) is 0 Å². The summed E-state index contributed by atoms with van der Waals surface area (Å²) >= 11 is 5.36. The third kappa shape index (κ3) is 1.95. The third-order valence-corrected chi connectivity index (χ3v) is 3.90. The zero-order valence-corrected chi connectivity index (χ0v) is 10.8. The molecular weight excluding hydrogens is 228 g/mol. The van der Waals surface area contributed by atoms with Crippen molar-refractivity contribution in [2.75, 3.05) is 0 Å². The third-order valence-electron chi connectivity index (χ3n) is 3.59. The quantitative estimate of drug-likeness (QED) is 0.760. The number of H-pyrrole nitrogens is 1. The minimum Gasteiger partial charge on any atom is -0.335 e. The van der Waals surface area contributed by atoms with Gasteiger partial charge in [-0.2, -0.15) is 0 Å². The Morgan fingerprint density at radius 1 is 1.29 bits per heavy atom. The van der Waals surface area contributed by atoms with Gasteiger partial charge in [0.15, 0.2) is 4.77 Å². The van der Waals surface area contributed by atoms with Gasteiger partial charge in [-0.3, -0.25) is 0 Å². The van der Waals surface area contributed by atoms with Crippen LogP contribution in [0.5, 0.6) is 0 Å². The van der Waals surface area contributed by atoms with Gasteiger partial charge in [-0.1, -0.05) is 24.3 Å². The maximum Gasteiger partial charge on any atom is 0.177 e. The lowest BCUT2D eigenvalue weighted by atomic mass is 9.88. The molecule has 2 aromatic rings. The fourth-order valence-electron chi connectivity index (χ4n) is 2.72. The molecule has 1 aromatic carbocycles. The molecule has 0 bridgehead atoms. The van der Waals surface area contributed by atoms with Crippen molar-refractivity contribution in [3.05, 3.63) is 52.1 Å². The largest absolute Gasteiger partial charge is 0.335 e. The van der Waals surface area contributed by atoms with Crippen molar-refractivity contribution in [2.45, 2.75) is 32.2 Å². The van der Waals surface area contributed by atoms with Crippen LogP contribution in [0, 0.1) is 11.7 Å². The first-order valence-electron chi connectivity index (χ1n) is 6.08. The maximum atomic E-state index is 5.36. The topological polar surface area (TPSA) is 20.7 Å². The van der Waals surface area contributed by atoms with Crippen molar-refractivity contribution < 1.29 is 0 Å². The summed E-state index contributed by atoms with van der Waals surface area (Å²) in [7, 11) is 0. The average Bonchev–Trinajstić information content (AvgIpc) is 2.68. The first-order chi connectivity index (χ1) is 8.24. The molecule has 3 rings (SSSR count). The molecule has 1 unspecified atom stereocenters. The molecule has 2 nitrogen and oxygen atoms in total. The van der Waals surface area contributed by atoms with E-state index in [0.29, 0.717) is 6.04 Å². The van der Waals surface area contributed by atoms with Crippen LogP contribution in [0.15, 0.2) is 30.5 Å². The van der Waals surface area contributed by atoms with Crippen LogP contribution in [0.3, 0.4) is 0 Å². The summed E-state index contributed by atoms with van der Waals surface area (Å²) in [6.07, 6.45) is 5.58. The predicted octanol–water partition coefficient (Wildman–Crippen LogP) is 3.58. The van der Waals surface area contributed by atoms with Crippen molar-refractivity contribution in [2.24, 2.45) is 0 Å². The molecule has 0 radical (unpaired) electrons. The minimum atomic E-state index is 0.516. The van der Waals surface area contributed by atoms with Crippen molar-refractivity contribution in [1.29, 1.82) is 0 Å². The molecule has 0 amide bonds. The second-order valence-electron chi connectivity index (χ2n) is 4.81. The molecule has 0 fully saturated rings. The fraction of sp³-hybridized carbons (Fsp3) is 0.357. The van der Waals surface area contributed by atoms with E-state index in [2.05, 4.69) is 46.9 Å². The first-order valence-corrected chi connectivity index (χ1v) is 6.49. The van der Waals surface area contributed by atoms with Gasteiger partial charge in [0.05, 0.1) is 0 Å². The lowest BCUT2D eigenvalue weighted by molar-refractivity contribution is 0.438. The molecule has 17 heavy (non-hydrogen) atoms. The second kappa shape index (κ2) is 4.15. The lowest BCUT2D eigenvalue weighted by Crippen LogP contribution is -2.18. The van der Waals surface area contributed by atoms with E-state index in [1.165, 1.54) is 17.5 Å². The number of fused-ring (bicyclic) bond motifs is 1. The summed E-state index contributed by atoms with van der Waals surface area (Å²) in [5, 5.41) is 0. The molecule has 0 aliphatic heterocycles. The van der Waals surface area contributed by atoms with Gasteiger partial charge < -0.3 is 9.55 Å². The van der Waals surface area contributed by atoms with Crippen molar-refractivity contribution in [1.82, 2.24) is 9.55 Å². The van der Waals surface area contributed by atoms with Gasteiger partial charge in [0.1, 0.15) is 0 Å². The molecule has 3 heteroatoms. The average molecular weight is 244 g/mol. The standard InChI is InChI=1S/C14H16N2S/c1-10-9-16(14(17)15-10)13-7-6-11-4-2-3-5-12(11)8-13/h2-5,9,13H,6-8H2,1H3,(H,15,17). The molecule has 0 saturated heterocycles. The summed E-state index contributed by atoms with van der Waals surface area (Å²) in [5.41, 5.74) is 4.13. The van der Waals surface area contributed by atoms with Gasteiger partial charge in [-0.15, -0.1) is 0 Å². The van der Waals surface area contributed by atoms with Crippen molar-refractivity contribution >= 4 is 12.2 Å². The van der Waals surface area contributed by atoms with Crippen LogP contribution in [-0.4, -0.2) is 9.55 Å². The molecule has 88 valence electrons. The van der Waals surface area contributed by atoms with Crippen LogP contribution in [0.25, 0.3) is 0 Å². The SMILES string of the molecule is Cc1cn(C2CCc3ccccc3C2)c(=S)[nH]1. The van der Waals surface area contributed by atoms with Crippen LogP contribution in [0.4, 0.5) is 0 Å². The van der Waals surface area contributed by atoms with Crippen molar-refractivity contribution in [3.63, 3.8) is 0 Å². The zero-order chi connectivity index (χ0) is 11.8. The number of hydrogen-bond donors (Lipinski definition) is 1. The fourth-order valence-corrected chi connectivity index (χ4v) is 3.08. The van der Waals surface area contributed by atoms with E-state index in [9.17, 15) is 0 Å². The Balaban J connectivity index is 1.94. The minimum absolute atomic E-state index is 0.516. The Hall–Kier alpha value is -1.35. The number of benzene rings is 1. The number of nitrogens with zero attached hydrogens (tertiary/aromatic N) is 1. The summed E-state index contributed by atoms with van der Waals surface area (Å²) < 4.78 is 3.08. The Morgan fingerprint density at radius 2 is 2.06 bits per heavy atom. The van der Waals surface area contributed by atoms with Gasteiger partial charge in [0, 0.05) is 17.9 Å². The molecule has 0 saturated carbocycles. The summed E-state index contributed by atoms with van der Waals surface area (Å²) in [5.74, 6) is 0. The highest BCUT2D eigenvalue weighted by Crippen LogP contribution is 2.29. The van der Waals surface area contributed by atoms with Crippen LogP contribution in [0.2, 0.25) is 0 Å². The first kappa shape index (κ1) is 10.8. The summed E-state index contributed by atoms with van der Waals surface area (Å²) in [6.45, 7) is 2.06. The van der Waals surface area contributed by atoms with Crippen LogP contribution < -0.4 is 0 Å². The number of aromatic nitrogens is 2. The summed E-state index contributed by atoms with van der Waals surface area (Å²) in [4.78, 5) is 3.21. The van der Waals surface area contributed by atoms with Crippen molar-refractivity contribution in [3.8, 4) is 0 Å². The molecular formula is C14H16N2S. The molecule has 1 atom stereocenters. The molecule has 1 aliphatic carbocycles. The van der Waals surface area contributed by atoms with E-state index in [1.54, 1.807) is 0 Å². The van der Waals surface area contributed by atoms with E-state index in [0.717, 1.165) is 23.3 Å². The van der Waals surface area contributed by atoms with Gasteiger partial charge in [-0.05, 0) is 49.5 Å². The second-order valence-corrected chi connectivity index (χ2v) is 5.20. The monoisotopic (exact) mass is 244 g/mol. The highest BCUT2D eigenvalue weighted by Gasteiger charge is 2.20. The Labute approximate surface area is 106 Å². The summed E-state index contributed by atoms with van der Waals surface area (Å²) in [6, 6.07) is 9.26. The Morgan fingerprint density at radius 3 is 2.76 bits per heavy atom. The highest BCUT2D eigenvalue weighted by molar-refractivity contribution is 7.71. The number of nitrogens with one attached hydrogen (secondary N) is 1. The number of aromatic amines is 1. The van der Waals surface area contributed by atoms with Gasteiger partial charge >= 0.3 is 0 Å². The smallest absolute Gasteiger partial charge is 0.177 e. The zero-order valence-electron chi connectivity index (χ0n) is 9.94. The van der Waals surface area contributed by atoms with E-state index < -0.39 is 0 Å². The number of hydrogen-bond acceptors (Lipinski definition) is 1. The predicted molar refractivity (Wildman–Crippen MR) is 71.9 cm³/mol. The number of imidazole rings is 1. The highest BCUT2D eigenvalue weighted by atomic mass is 32.1. The normalized spacial score (nSPS) is 19.0. The molecule has 1 heterocycles. The van der Waals surface area contributed by atoms with E-state index in [-0.39, 0.29) is 0 Å². The Bertz CT molecular complexity index is 594. The van der Waals surface area contributed by atoms with Gasteiger partial charge in [-0.25, -0.2) is 0 Å². The molecule has 0 spiro atoms. The molecule has 1 aliphatic rings. The van der Waals surface area contributed by atoms with E-state index >= 15 is 0 Å².